The van der Waals surface area contributed by atoms with Gasteiger partial charge in [0.05, 0.1) is 5.69 Å². The van der Waals surface area contributed by atoms with Gasteiger partial charge in [-0.15, -0.1) is 0 Å². The number of aryl methyl sites for hydroxylation is 1. The Balaban J connectivity index is 2.09. The Hall–Kier alpha value is -0.830. The molecule has 0 amide bonds. The van der Waals surface area contributed by atoms with Crippen LogP contribution in [-0.2, 0) is 12.6 Å². The third-order valence-corrected chi connectivity index (χ3v) is 3.70. The Bertz CT molecular complexity index is 324. The molecule has 1 fully saturated rings. The fourth-order valence-electron chi connectivity index (χ4n) is 2.48. The largest absolute Gasteiger partial charge is 0.383 e. The van der Waals surface area contributed by atoms with Crippen molar-refractivity contribution in [2.45, 2.75) is 44.6 Å². The van der Waals surface area contributed by atoms with Crippen molar-refractivity contribution in [1.82, 2.24) is 9.78 Å². The predicted molar refractivity (Wildman–Crippen MR) is 59.4 cm³/mol. The van der Waals surface area contributed by atoms with E-state index in [1.54, 1.807) is 4.68 Å². The van der Waals surface area contributed by atoms with Crippen LogP contribution in [-0.4, -0.2) is 14.9 Å². The zero-order chi connectivity index (χ0) is 10.9. The van der Waals surface area contributed by atoms with E-state index < -0.39 is 5.60 Å². The molecule has 1 aromatic heterocycles. The number of nitrogens with zero attached hydrogens (tertiary/aromatic N) is 2. The summed E-state index contributed by atoms with van der Waals surface area (Å²) in [5, 5.41) is 14.8. The van der Waals surface area contributed by atoms with E-state index in [1.165, 1.54) is 6.42 Å². The molecule has 1 aliphatic carbocycles. The Morgan fingerprint density at radius 1 is 1.53 bits per heavy atom. The molecule has 0 radical (unpaired) electrons. The molecular weight excluding hydrogens is 188 g/mol. The van der Waals surface area contributed by atoms with Gasteiger partial charge in [0, 0.05) is 13.2 Å². The summed E-state index contributed by atoms with van der Waals surface area (Å²) in [5.41, 5.74) is 0.187. The maximum atomic E-state index is 10.5. The zero-order valence-electron chi connectivity index (χ0n) is 9.61. The minimum atomic E-state index is -0.660. The number of rotatable bonds is 2. The first-order valence-electron chi connectivity index (χ1n) is 5.86. The van der Waals surface area contributed by atoms with E-state index in [1.807, 2.05) is 19.3 Å². The van der Waals surface area contributed by atoms with Crippen LogP contribution in [0.3, 0.4) is 0 Å². The maximum absolute atomic E-state index is 10.5. The van der Waals surface area contributed by atoms with Gasteiger partial charge in [-0.25, -0.2) is 0 Å². The molecule has 1 aromatic rings. The highest BCUT2D eigenvalue weighted by atomic mass is 16.3. The van der Waals surface area contributed by atoms with Gasteiger partial charge >= 0.3 is 0 Å². The minimum Gasteiger partial charge on any atom is -0.383 e. The Morgan fingerprint density at radius 3 is 2.67 bits per heavy atom. The first-order chi connectivity index (χ1) is 7.14. The van der Waals surface area contributed by atoms with Crippen molar-refractivity contribution in [3.63, 3.8) is 0 Å². The Morgan fingerprint density at radius 2 is 2.20 bits per heavy atom. The predicted octanol–water partition coefficient (Wildman–Crippen LogP) is 2.21. The normalized spacial score (nSPS) is 31.8. The topological polar surface area (TPSA) is 38.0 Å². The summed E-state index contributed by atoms with van der Waals surface area (Å²) in [7, 11) is 1.89. The lowest BCUT2D eigenvalue weighted by Gasteiger charge is -2.34. The van der Waals surface area contributed by atoms with E-state index >= 15 is 0 Å². The number of hydrogen-bond acceptors (Lipinski definition) is 2. The minimum absolute atomic E-state index is 0.660. The Labute approximate surface area is 91.1 Å². The summed E-state index contributed by atoms with van der Waals surface area (Å²) in [6.07, 6.45) is 7.12. The highest BCUT2D eigenvalue weighted by molar-refractivity contribution is 5.11. The van der Waals surface area contributed by atoms with Crippen molar-refractivity contribution in [1.29, 1.82) is 0 Å². The standard InChI is InChI=1S/C12H20N2O/c1-3-10-4-7-12(15,8-5-10)11-6-9-14(2)13-11/h6,9-10,15H,3-5,7-8H2,1-2H3. The quantitative estimate of drug-likeness (QED) is 0.809. The molecular formula is C12H20N2O. The molecule has 0 aliphatic heterocycles. The van der Waals surface area contributed by atoms with Crippen molar-refractivity contribution < 1.29 is 5.11 Å². The van der Waals surface area contributed by atoms with Crippen LogP contribution >= 0.6 is 0 Å². The van der Waals surface area contributed by atoms with E-state index in [9.17, 15) is 5.11 Å². The van der Waals surface area contributed by atoms with Gasteiger partial charge in [0.25, 0.3) is 0 Å². The molecule has 1 aliphatic rings. The molecule has 2 rings (SSSR count). The third kappa shape index (κ3) is 2.07. The SMILES string of the molecule is CCC1CCC(O)(c2ccn(C)n2)CC1. The summed E-state index contributed by atoms with van der Waals surface area (Å²) >= 11 is 0. The second-order valence-corrected chi connectivity index (χ2v) is 4.76. The molecule has 0 unspecified atom stereocenters. The van der Waals surface area contributed by atoms with Crippen molar-refractivity contribution in [2.24, 2.45) is 13.0 Å². The van der Waals surface area contributed by atoms with Crippen LogP contribution in [0.25, 0.3) is 0 Å². The lowest BCUT2D eigenvalue weighted by atomic mass is 9.76. The van der Waals surface area contributed by atoms with Crippen molar-refractivity contribution in [2.75, 3.05) is 0 Å². The second-order valence-electron chi connectivity index (χ2n) is 4.76. The molecule has 0 bridgehead atoms. The average Bonchev–Trinajstić information content (AvgIpc) is 2.67. The molecule has 3 heteroatoms. The van der Waals surface area contributed by atoms with Crippen molar-refractivity contribution in [3.05, 3.63) is 18.0 Å². The zero-order valence-corrected chi connectivity index (χ0v) is 9.61. The molecule has 3 nitrogen and oxygen atoms in total. The summed E-state index contributed by atoms with van der Waals surface area (Å²) < 4.78 is 1.76. The van der Waals surface area contributed by atoms with E-state index in [4.69, 9.17) is 0 Å². The van der Waals surface area contributed by atoms with Crippen LogP contribution < -0.4 is 0 Å². The summed E-state index contributed by atoms with van der Waals surface area (Å²) in [6.45, 7) is 2.23. The molecule has 1 heterocycles. The second kappa shape index (κ2) is 3.97. The molecule has 0 aromatic carbocycles. The first kappa shape index (κ1) is 10.7. The van der Waals surface area contributed by atoms with Crippen LogP contribution in [0.1, 0.15) is 44.7 Å². The average molecular weight is 208 g/mol. The van der Waals surface area contributed by atoms with Gasteiger partial charge in [-0.2, -0.15) is 5.10 Å². The summed E-state index contributed by atoms with van der Waals surface area (Å²) in [4.78, 5) is 0. The lowest BCUT2D eigenvalue weighted by molar-refractivity contribution is -0.0187. The first-order valence-corrected chi connectivity index (χ1v) is 5.86. The fraction of sp³-hybridized carbons (Fsp3) is 0.750. The number of aliphatic hydroxyl groups is 1. The summed E-state index contributed by atoms with van der Waals surface area (Å²) in [5.74, 6) is 0.800. The number of hydrogen-bond donors (Lipinski definition) is 1. The van der Waals surface area contributed by atoms with Crippen molar-refractivity contribution in [3.8, 4) is 0 Å². The summed E-state index contributed by atoms with van der Waals surface area (Å²) in [6, 6.07) is 1.94. The van der Waals surface area contributed by atoms with Crippen LogP contribution in [0.4, 0.5) is 0 Å². The van der Waals surface area contributed by atoms with Crippen LogP contribution in [0.5, 0.6) is 0 Å². The monoisotopic (exact) mass is 208 g/mol. The molecule has 0 saturated heterocycles. The molecule has 15 heavy (non-hydrogen) atoms. The van der Waals surface area contributed by atoms with Crippen LogP contribution in [0, 0.1) is 5.92 Å². The molecule has 1 N–H and O–H groups in total. The fourth-order valence-corrected chi connectivity index (χ4v) is 2.48. The van der Waals surface area contributed by atoms with Gasteiger partial charge in [0.1, 0.15) is 5.60 Å². The van der Waals surface area contributed by atoms with Crippen LogP contribution in [0.15, 0.2) is 12.3 Å². The van der Waals surface area contributed by atoms with Crippen LogP contribution in [0.2, 0.25) is 0 Å². The molecule has 0 atom stereocenters. The lowest BCUT2D eigenvalue weighted by Crippen LogP contribution is -2.32. The van der Waals surface area contributed by atoms with Gasteiger partial charge in [-0.1, -0.05) is 13.3 Å². The number of aromatic nitrogens is 2. The van der Waals surface area contributed by atoms with Crippen molar-refractivity contribution >= 4 is 0 Å². The third-order valence-electron chi connectivity index (χ3n) is 3.70. The van der Waals surface area contributed by atoms with E-state index in [0.29, 0.717) is 0 Å². The van der Waals surface area contributed by atoms with Gasteiger partial charge < -0.3 is 5.11 Å². The molecule has 1 saturated carbocycles. The highest BCUT2D eigenvalue weighted by Gasteiger charge is 2.35. The van der Waals surface area contributed by atoms with E-state index in [-0.39, 0.29) is 0 Å². The van der Waals surface area contributed by atoms with E-state index in [0.717, 1.165) is 37.3 Å². The molecule has 0 spiro atoms. The maximum Gasteiger partial charge on any atom is 0.108 e. The van der Waals surface area contributed by atoms with Gasteiger partial charge in [-0.05, 0) is 37.7 Å². The van der Waals surface area contributed by atoms with Gasteiger partial charge in [0.2, 0.25) is 0 Å². The highest BCUT2D eigenvalue weighted by Crippen LogP contribution is 2.39. The Kier molecular flexibility index (Phi) is 2.83. The smallest absolute Gasteiger partial charge is 0.108 e. The molecule has 84 valence electrons. The van der Waals surface area contributed by atoms with Gasteiger partial charge in [-0.3, -0.25) is 4.68 Å². The van der Waals surface area contributed by atoms with Gasteiger partial charge in [0.15, 0.2) is 0 Å². The van der Waals surface area contributed by atoms with E-state index in [2.05, 4.69) is 12.0 Å².